The second-order valence-corrected chi connectivity index (χ2v) is 11.1. The van der Waals surface area contributed by atoms with Crippen molar-refractivity contribution in [2.75, 3.05) is 36.0 Å². The summed E-state index contributed by atoms with van der Waals surface area (Å²) in [6, 6.07) is 21.7. The number of piperazine rings is 1. The summed E-state index contributed by atoms with van der Waals surface area (Å²) in [6.45, 7) is 13.0. The molecule has 6 nitrogen and oxygen atoms in total. The Morgan fingerprint density at radius 3 is 2.53 bits per heavy atom. The maximum atomic E-state index is 13.9. The summed E-state index contributed by atoms with van der Waals surface area (Å²) in [5.74, 6) is 1.17. The predicted octanol–water partition coefficient (Wildman–Crippen LogP) is 5.18. The van der Waals surface area contributed by atoms with Crippen molar-refractivity contribution >= 4 is 22.3 Å². The van der Waals surface area contributed by atoms with Crippen molar-refractivity contribution in [2.24, 2.45) is 0 Å². The first-order valence-corrected chi connectivity index (χ1v) is 13.9. The number of rotatable bonds is 4. The summed E-state index contributed by atoms with van der Waals surface area (Å²) in [4.78, 5) is 23.5. The van der Waals surface area contributed by atoms with E-state index in [1.165, 1.54) is 33.2 Å². The van der Waals surface area contributed by atoms with Gasteiger partial charge >= 0.3 is 5.69 Å². The summed E-state index contributed by atoms with van der Waals surface area (Å²) < 4.78 is 1.91. The van der Waals surface area contributed by atoms with E-state index in [1.807, 2.05) is 10.6 Å². The third-order valence-corrected chi connectivity index (χ3v) is 8.26. The van der Waals surface area contributed by atoms with E-state index < -0.39 is 0 Å². The molecule has 0 radical (unpaired) electrons. The largest absolute Gasteiger partial charge is 0.365 e. The summed E-state index contributed by atoms with van der Waals surface area (Å²) >= 11 is 0. The summed E-state index contributed by atoms with van der Waals surface area (Å²) in [7, 11) is 0. The predicted molar refractivity (Wildman–Crippen MR) is 157 cm³/mol. The minimum absolute atomic E-state index is 0.187. The molecule has 0 aliphatic carbocycles. The number of nitrogens with one attached hydrogen (secondary N) is 1. The molecule has 6 heteroatoms. The number of fused-ring (bicyclic) bond motifs is 2. The average molecular weight is 508 g/mol. The lowest BCUT2D eigenvalue weighted by Crippen LogP contribution is -2.52. The second-order valence-electron chi connectivity index (χ2n) is 11.1. The summed E-state index contributed by atoms with van der Waals surface area (Å²) in [6.07, 6.45) is 0.848. The van der Waals surface area contributed by atoms with Gasteiger partial charge in [0, 0.05) is 48.9 Å². The minimum atomic E-state index is -0.187. The van der Waals surface area contributed by atoms with E-state index >= 15 is 0 Å². The smallest absolute Gasteiger partial charge is 0.354 e. The molecule has 2 aliphatic heterocycles. The van der Waals surface area contributed by atoms with Crippen LogP contribution in [-0.4, -0.2) is 41.8 Å². The Labute approximate surface area is 224 Å². The van der Waals surface area contributed by atoms with Gasteiger partial charge in [-0.15, -0.1) is 0 Å². The van der Waals surface area contributed by atoms with Crippen LogP contribution in [0.5, 0.6) is 0 Å². The van der Waals surface area contributed by atoms with Gasteiger partial charge in [0.25, 0.3) is 0 Å². The lowest BCUT2D eigenvalue weighted by atomic mass is 9.97. The van der Waals surface area contributed by atoms with E-state index in [0.717, 1.165) is 49.8 Å². The van der Waals surface area contributed by atoms with Gasteiger partial charge in [-0.2, -0.15) is 4.98 Å². The molecule has 3 heterocycles. The van der Waals surface area contributed by atoms with Crippen LogP contribution >= 0.6 is 0 Å². The first-order valence-electron chi connectivity index (χ1n) is 13.9. The summed E-state index contributed by atoms with van der Waals surface area (Å²) in [5.41, 5.74) is 6.72. The molecule has 2 aliphatic rings. The van der Waals surface area contributed by atoms with Gasteiger partial charge in [-0.1, -0.05) is 62.4 Å². The van der Waals surface area contributed by atoms with Crippen molar-refractivity contribution in [3.8, 4) is 5.69 Å². The third-order valence-electron chi connectivity index (χ3n) is 8.26. The van der Waals surface area contributed by atoms with E-state index in [2.05, 4.69) is 97.4 Å². The monoisotopic (exact) mass is 507 g/mol. The lowest BCUT2D eigenvalue weighted by molar-refractivity contribution is 0.492. The number of aryl methyl sites for hydroxylation is 1. The van der Waals surface area contributed by atoms with Crippen LogP contribution < -0.4 is 20.8 Å². The average Bonchev–Trinajstić information content (AvgIpc) is 2.92. The van der Waals surface area contributed by atoms with Crippen LogP contribution in [0.1, 0.15) is 49.1 Å². The molecule has 3 aromatic carbocycles. The molecule has 0 unspecified atom stereocenters. The highest BCUT2D eigenvalue weighted by Gasteiger charge is 2.31. The zero-order valence-corrected chi connectivity index (χ0v) is 22.9. The van der Waals surface area contributed by atoms with Gasteiger partial charge in [-0.3, -0.25) is 4.57 Å². The van der Waals surface area contributed by atoms with E-state index in [0.29, 0.717) is 12.5 Å². The Bertz CT molecular complexity index is 1550. The van der Waals surface area contributed by atoms with E-state index in [-0.39, 0.29) is 11.7 Å². The van der Waals surface area contributed by atoms with Gasteiger partial charge in [0.05, 0.1) is 17.9 Å². The molecule has 1 aromatic heterocycles. The molecular formula is C32H37N5O. The maximum absolute atomic E-state index is 13.9. The highest BCUT2D eigenvalue weighted by Crippen LogP contribution is 2.36. The molecule has 0 spiro atoms. The van der Waals surface area contributed by atoms with Crippen LogP contribution in [0.15, 0.2) is 65.5 Å². The van der Waals surface area contributed by atoms with Crippen LogP contribution in [0.25, 0.3) is 16.5 Å². The van der Waals surface area contributed by atoms with Crippen LogP contribution in [0.3, 0.4) is 0 Å². The molecule has 0 bridgehead atoms. The molecule has 0 amide bonds. The molecule has 1 N–H and O–H groups in total. The molecule has 1 atom stereocenters. The molecule has 38 heavy (non-hydrogen) atoms. The third kappa shape index (κ3) is 4.17. The van der Waals surface area contributed by atoms with Gasteiger partial charge in [0.2, 0.25) is 0 Å². The maximum Gasteiger partial charge on any atom is 0.354 e. The van der Waals surface area contributed by atoms with Gasteiger partial charge in [-0.25, -0.2) is 4.79 Å². The normalized spacial score (nSPS) is 17.8. The number of para-hydroxylation sites is 1. The van der Waals surface area contributed by atoms with Gasteiger partial charge < -0.3 is 15.1 Å². The van der Waals surface area contributed by atoms with E-state index in [1.54, 1.807) is 0 Å². The highest BCUT2D eigenvalue weighted by atomic mass is 16.1. The summed E-state index contributed by atoms with van der Waals surface area (Å²) in [5, 5.41) is 6.02. The Morgan fingerprint density at radius 2 is 1.74 bits per heavy atom. The van der Waals surface area contributed by atoms with Gasteiger partial charge in [0.1, 0.15) is 5.82 Å². The molecule has 1 fully saturated rings. The Hall–Kier alpha value is -3.64. The topological polar surface area (TPSA) is 53.4 Å². The fraction of sp³-hybridized carbons (Fsp3) is 0.375. The minimum Gasteiger partial charge on any atom is -0.365 e. The van der Waals surface area contributed by atoms with Crippen LogP contribution in [0, 0.1) is 6.92 Å². The number of benzene rings is 3. The Kier molecular flexibility index (Phi) is 6.44. The van der Waals surface area contributed by atoms with Gasteiger partial charge in [-0.05, 0) is 54.8 Å². The molecule has 4 aromatic rings. The van der Waals surface area contributed by atoms with E-state index in [4.69, 9.17) is 4.98 Å². The Balaban J connectivity index is 1.56. The fourth-order valence-electron chi connectivity index (χ4n) is 6.31. The van der Waals surface area contributed by atoms with Crippen molar-refractivity contribution in [1.82, 2.24) is 14.9 Å². The zero-order chi connectivity index (χ0) is 26.4. The molecule has 0 saturated carbocycles. The van der Waals surface area contributed by atoms with Crippen LogP contribution in [-0.2, 0) is 13.0 Å². The van der Waals surface area contributed by atoms with Crippen molar-refractivity contribution < 1.29 is 0 Å². The van der Waals surface area contributed by atoms with Crippen molar-refractivity contribution in [1.29, 1.82) is 0 Å². The fourth-order valence-corrected chi connectivity index (χ4v) is 6.31. The number of hydrogen-bond acceptors (Lipinski definition) is 5. The number of hydrogen-bond donors (Lipinski definition) is 1. The van der Waals surface area contributed by atoms with Crippen LogP contribution in [0.2, 0.25) is 0 Å². The molecule has 196 valence electrons. The van der Waals surface area contributed by atoms with E-state index in [9.17, 15) is 4.79 Å². The number of aromatic nitrogens is 2. The van der Waals surface area contributed by atoms with Crippen molar-refractivity contribution in [2.45, 2.75) is 52.6 Å². The lowest BCUT2D eigenvalue weighted by Gasteiger charge is -2.39. The van der Waals surface area contributed by atoms with Crippen molar-refractivity contribution in [3.05, 3.63) is 93.5 Å². The number of anilines is 2. The molecule has 1 saturated heterocycles. The first-order chi connectivity index (χ1) is 18.4. The SMILES string of the molecule is Cc1cccc2cccc(N3CCc4c(N5CCNC[C@@H]5C)nc(=O)n(-c5ccccc5C(C)C)c4C3)c12. The standard InChI is InChI=1S/C32H37N5O/c1-21(2)25-12-5-6-13-27(25)37-29-20-35(28-14-8-11-24-10-7-9-22(3)30(24)28)17-15-26(29)31(34-32(37)38)36-18-16-33-19-23(36)4/h5-14,21,23,33H,15-20H2,1-4H3/t23-/m0/s1. The number of nitrogens with zero attached hydrogens (tertiary/aromatic N) is 4. The highest BCUT2D eigenvalue weighted by molar-refractivity contribution is 5.97. The molecule has 6 rings (SSSR count). The Morgan fingerprint density at radius 1 is 0.974 bits per heavy atom. The van der Waals surface area contributed by atoms with Crippen molar-refractivity contribution in [3.63, 3.8) is 0 Å². The molecular weight excluding hydrogens is 470 g/mol. The second kappa shape index (κ2) is 9.91. The first kappa shape index (κ1) is 24.7. The quantitative estimate of drug-likeness (QED) is 0.413. The van der Waals surface area contributed by atoms with Crippen LogP contribution in [0.4, 0.5) is 11.5 Å². The van der Waals surface area contributed by atoms with Gasteiger partial charge in [0.15, 0.2) is 0 Å². The zero-order valence-electron chi connectivity index (χ0n) is 22.9.